The van der Waals surface area contributed by atoms with Gasteiger partial charge in [-0.05, 0) is 31.4 Å². The first-order valence-electron chi connectivity index (χ1n) is 6.38. The molecule has 1 aromatic carbocycles. The quantitative estimate of drug-likeness (QED) is 0.641. The molecule has 0 aliphatic carbocycles. The summed E-state index contributed by atoms with van der Waals surface area (Å²) in [6, 6.07) is 4.81. The van der Waals surface area contributed by atoms with E-state index in [-0.39, 0.29) is 11.8 Å². The highest BCUT2D eigenvalue weighted by Crippen LogP contribution is 2.32. The summed E-state index contributed by atoms with van der Waals surface area (Å²) >= 11 is 0. The van der Waals surface area contributed by atoms with Crippen molar-refractivity contribution >= 4 is 11.4 Å². The number of nitro groups is 1. The molecule has 19 heavy (non-hydrogen) atoms. The fourth-order valence-electron chi connectivity index (χ4n) is 2.32. The van der Waals surface area contributed by atoms with E-state index in [1.165, 1.54) is 6.07 Å². The predicted octanol–water partition coefficient (Wildman–Crippen LogP) is 1.61. The summed E-state index contributed by atoms with van der Waals surface area (Å²) in [6.45, 7) is 2.79. The molecule has 2 rings (SSSR count). The van der Waals surface area contributed by atoms with Gasteiger partial charge in [-0.15, -0.1) is 0 Å². The van der Waals surface area contributed by atoms with E-state index in [0.717, 1.165) is 0 Å². The third-order valence-electron chi connectivity index (χ3n) is 3.48. The molecule has 0 unspecified atom stereocenters. The van der Waals surface area contributed by atoms with Crippen molar-refractivity contribution in [3.05, 3.63) is 33.9 Å². The van der Waals surface area contributed by atoms with Gasteiger partial charge < -0.3 is 15.1 Å². The second kappa shape index (κ2) is 5.54. The molecule has 6 heteroatoms. The molecule has 1 saturated heterocycles. The Balaban J connectivity index is 2.31. The molecule has 1 aliphatic heterocycles. The first kappa shape index (κ1) is 13.8. The fourth-order valence-corrected chi connectivity index (χ4v) is 2.32. The molecule has 2 N–H and O–H groups in total. The van der Waals surface area contributed by atoms with E-state index in [0.29, 0.717) is 37.2 Å². The molecule has 1 aromatic rings. The predicted molar refractivity (Wildman–Crippen MR) is 71.2 cm³/mol. The molecule has 0 radical (unpaired) electrons. The molecule has 0 saturated carbocycles. The minimum Gasteiger partial charge on any atom is -0.393 e. The average Bonchev–Trinajstić information content (AvgIpc) is 2.38. The summed E-state index contributed by atoms with van der Waals surface area (Å²) < 4.78 is 0. The molecule has 1 aliphatic rings. The Labute approximate surface area is 111 Å². The van der Waals surface area contributed by atoms with Gasteiger partial charge in [0.05, 0.1) is 17.1 Å². The topological polar surface area (TPSA) is 86.8 Å². The number of anilines is 1. The third kappa shape index (κ3) is 3.02. The standard InChI is InChI=1S/C13H18N2O4/c1-9(16)10-2-3-12(13(8-10)15(18)19)14-6-4-11(17)5-7-14/h2-3,8-9,11,16-17H,4-7H2,1H3/t9-/m0/s1. The van der Waals surface area contributed by atoms with Gasteiger partial charge in [-0.2, -0.15) is 0 Å². The summed E-state index contributed by atoms with van der Waals surface area (Å²) in [5, 5.41) is 30.1. The second-order valence-corrected chi connectivity index (χ2v) is 4.90. The van der Waals surface area contributed by atoms with E-state index in [1.807, 2.05) is 4.90 Å². The number of nitro benzene ring substituents is 1. The summed E-state index contributed by atoms with van der Waals surface area (Å²) in [5.74, 6) is 0. The van der Waals surface area contributed by atoms with Crippen molar-refractivity contribution in [2.45, 2.75) is 32.0 Å². The summed E-state index contributed by atoms with van der Waals surface area (Å²) in [7, 11) is 0. The highest BCUT2D eigenvalue weighted by Gasteiger charge is 2.24. The molecular weight excluding hydrogens is 248 g/mol. The van der Waals surface area contributed by atoms with Gasteiger partial charge >= 0.3 is 0 Å². The molecule has 0 bridgehead atoms. The van der Waals surface area contributed by atoms with Gasteiger partial charge in [-0.3, -0.25) is 10.1 Å². The maximum Gasteiger partial charge on any atom is 0.292 e. The molecular formula is C13H18N2O4. The van der Waals surface area contributed by atoms with Gasteiger partial charge in [-0.25, -0.2) is 0 Å². The Morgan fingerprint density at radius 1 is 1.42 bits per heavy atom. The van der Waals surface area contributed by atoms with Gasteiger partial charge in [0.2, 0.25) is 0 Å². The Kier molecular flexibility index (Phi) is 4.01. The number of aliphatic hydroxyl groups excluding tert-OH is 2. The van der Waals surface area contributed by atoms with Gasteiger partial charge in [0.15, 0.2) is 0 Å². The number of benzene rings is 1. The van der Waals surface area contributed by atoms with Crippen molar-refractivity contribution < 1.29 is 15.1 Å². The van der Waals surface area contributed by atoms with Crippen molar-refractivity contribution in [1.29, 1.82) is 0 Å². The van der Waals surface area contributed by atoms with Gasteiger partial charge in [0.25, 0.3) is 5.69 Å². The van der Waals surface area contributed by atoms with Crippen molar-refractivity contribution in [2.75, 3.05) is 18.0 Å². The monoisotopic (exact) mass is 266 g/mol. The SMILES string of the molecule is C[C@H](O)c1ccc(N2CCC(O)CC2)c([N+](=O)[O-])c1. The largest absolute Gasteiger partial charge is 0.393 e. The molecule has 0 spiro atoms. The lowest BCUT2D eigenvalue weighted by molar-refractivity contribution is -0.384. The highest BCUT2D eigenvalue weighted by atomic mass is 16.6. The first-order chi connectivity index (χ1) is 8.99. The first-order valence-corrected chi connectivity index (χ1v) is 6.38. The molecule has 0 amide bonds. The van der Waals surface area contributed by atoms with E-state index >= 15 is 0 Å². The zero-order chi connectivity index (χ0) is 14.0. The number of hydrogen-bond donors (Lipinski definition) is 2. The van der Waals surface area contributed by atoms with Crippen LogP contribution in [0.3, 0.4) is 0 Å². The smallest absolute Gasteiger partial charge is 0.292 e. The van der Waals surface area contributed by atoms with Crippen molar-refractivity contribution in [1.82, 2.24) is 0 Å². The van der Waals surface area contributed by atoms with Crippen LogP contribution in [0.4, 0.5) is 11.4 Å². The fraction of sp³-hybridized carbons (Fsp3) is 0.538. The number of aliphatic hydroxyl groups is 2. The molecule has 104 valence electrons. The Morgan fingerprint density at radius 3 is 2.58 bits per heavy atom. The van der Waals surface area contributed by atoms with Crippen molar-refractivity contribution in [3.8, 4) is 0 Å². The summed E-state index contributed by atoms with van der Waals surface area (Å²) in [5.41, 5.74) is 1.10. The Morgan fingerprint density at radius 2 is 2.05 bits per heavy atom. The zero-order valence-corrected chi connectivity index (χ0v) is 10.8. The normalized spacial score (nSPS) is 18.4. The lowest BCUT2D eigenvalue weighted by Crippen LogP contribution is -2.36. The van der Waals surface area contributed by atoms with Crippen LogP contribution in [0.25, 0.3) is 0 Å². The van der Waals surface area contributed by atoms with Crippen LogP contribution in [0.1, 0.15) is 31.4 Å². The molecule has 0 aromatic heterocycles. The van der Waals surface area contributed by atoms with Crippen LogP contribution in [-0.2, 0) is 0 Å². The van der Waals surface area contributed by atoms with Crippen LogP contribution >= 0.6 is 0 Å². The summed E-state index contributed by atoms with van der Waals surface area (Å²) in [6.07, 6.45) is 0.202. The number of hydrogen-bond acceptors (Lipinski definition) is 5. The number of nitrogens with zero attached hydrogens (tertiary/aromatic N) is 2. The molecule has 1 atom stereocenters. The van der Waals surface area contributed by atoms with Crippen molar-refractivity contribution in [2.24, 2.45) is 0 Å². The lowest BCUT2D eigenvalue weighted by atomic mass is 10.0. The van der Waals surface area contributed by atoms with E-state index < -0.39 is 11.0 Å². The van der Waals surface area contributed by atoms with Crippen LogP contribution in [0.5, 0.6) is 0 Å². The third-order valence-corrected chi connectivity index (χ3v) is 3.48. The van der Waals surface area contributed by atoms with Crippen LogP contribution in [-0.4, -0.2) is 34.3 Å². The van der Waals surface area contributed by atoms with Crippen molar-refractivity contribution in [3.63, 3.8) is 0 Å². The van der Waals surface area contributed by atoms with Crippen LogP contribution in [0, 0.1) is 10.1 Å². The average molecular weight is 266 g/mol. The Hall–Kier alpha value is -1.66. The van der Waals surface area contributed by atoms with E-state index in [2.05, 4.69) is 0 Å². The van der Waals surface area contributed by atoms with Crippen LogP contribution in [0.15, 0.2) is 18.2 Å². The van der Waals surface area contributed by atoms with E-state index in [4.69, 9.17) is 0 Å². The maximum absolute atomic E-state index is 11.2. The van der Waals surface area contributed by atoms with E-state index in [9.17, 15) is 20.3 Å². The molecule has 1 fully saturated rings. The minimum atomic E-state index is -0.726. The maximum atomic E-state index is 11.2. The second-order valence-electron chi connectivity index (χ2n) is 4.90. The van der Waals surface area contributed by atoms with Gasteiger partial charge in [0.1, 0.15) is 5.69 Å². The number of piperidine rings is 1. The van der Waals surface area contributed by atoms with E-state index in [1.54, 1.807) is 19.1 Å². The lowest BCUT2D eigenvalue weighted by Gasteiger charge is -2.31. The molecule has 1 heterocycles. The van der Waals surface area contributed by atoms with Crippen LogP contribution in [0.2, 0.25) is 0 Å². The van der Waals surface area contributed by atoms with Crippen LogP contribution < -0.4 is 4.90 Å². The zero-order valence-electron chi connectivity index (χ0n) is 10.8. The van der Waals surface area contributed by atoms with Gasteiger partial charge in [0, 0.05) is 19.2 Å². The minimum absolute atomic E-state index is 0.00906. The molecule has 6 nitrogen and oxygen atoms in total. The Bertz CT molecular complexity index is 468. The summed E-state index contributed by atoms with van der Waals surface area (Å²) in [4.78, 5) is 12.6. The number of rotatable bonds is 3. The highest BCUT2D eigenvalue weighted by molar-refractivity contribution is 5.64. The van der Waals surface area contributed by atoms with Gasteiger partial charge in [-0.1, -0.05) is 6.07 Å².